The third kappa shape index (κ3) is 2.43. The van der Waals surface area contributed by atoms with E-state index in [1.807, 2.05) is 16.8 Å². The summed E-state index contributed by atoms with van der Waals surface area (Å²) >= 11 is 1.48. The molecule has 3 rings (SSSR count). The summed E-state index contributed by atoms with van der Waals surface area (Å²) < 4.78 is 5.21. The van der Waals surface area contributed by atoms with Crippen LogP contribution in [-0.4, -0.2) is 13.0 Å². The van der Waals surface area contributed by atoms with Gasteiger partial charge in [-0.15, -0.1) is 11.3 Å². The van der Waals surface area contributed by atoms with Gasteiger partial charge in [0, 0.05) is 10.8 Å². The summed E-state index contributed by atoms with van der Waals surface area (Å²) in [6, 6.07) is 8.47. The molecule has 1 aliphatic rings. The Bertz CT molecular complexity index is 620. The molecule has 0 radical (unpaired) electrons. The number of aryl methyl sites for hydroxylation is 1. The maximum atomic E-state index is 12.4. The molecule has 104 valence electrons. The molecule has 0 aliphatic heterocycles. The SMILES string of the molecule is COc1cscc1C(=O)NC1CCCc2ccccc21. The minimum Gasteiger partial charge on any atom is -0.495 e. The molecule has 0 saturated heterocycles. The van der Waals surface area contributed by atoms with E-state index in [0.29, 0.717) is 11.3 Å². The van der Waals surface area contributed by atoms with E-state index < -0.39 is 0 Å². The van der Waals surface area contributed by atoms with Crippen LogP contribution in [0.5, 0.6) is 5.75 Å². The van der Waals surface area contributed by atoms with E-state index in [9.17, 15) is 4.79 Å². The molecule has 1 N–H and O–H groups in total. The van der Waals surface area contributed by atoms with Gasteiger partial charge in [-0.3, -0.25) is 4.79 Å². The highest BCUT2D eigenvalue weighted by atomic mass is 32.1. The van der Waals surface area contributed by atoms with Crippen molar-refractivity contribution in [3.8, 4) is 5.75 Å². The third-order valence-electron chi connectivity index (χ3n) is 3.77. The number of fused-ring (bicyclic) bond motifs is 1. The van der Waals surface area contributed by atoms with Crippen molar-refractivity contribution in [1.82, 2.24) is 5.32 Å². The van der Waals surface area contributed by atoms with Crippen molar-refractivity contribution in [3.05, 3.63) is 51.7 Å². The summed E-state index contributed by atoms with van der Waals surface area (Å²) in [5.41, 5.74) is 3.23. The molecule has 1 aliphatic carbocycles. The van der Waals surface area contributed by atoms with Crippen LogP contribution in [0.3, 0.4) is 0 Å². The van der Waals surface area contributed by atoms with Gasteiger partial charge < -0.3 is 10.1 Å². The topological polar surface area (TPSA) is 38.3 Å². The number of ether oxygens (including phenoxy) is 1. The Kier molecular flexibility index (Phi) is 3.74. The second-order valence-electron chi connectivity index (χ2n) is 4.97. The van der Waals surface area contributed by atoms with Crippen LogP contribution < -0.4 is 10.1 Å². The van der Waals surface area contributed by atoms with Crippen LogP contribution in [0.2, 0.25) is 0 Å². The lowest BCUT2D eigenvalue weighted by Crippen LogP contribution is -2.30. The van der Waals surface area contributed by atoms with E-state index >= 15 is 0 Å². The Labute approximate surface area is 122 Å². The molecular weight excluding hydrogens is 270 g/mol. The first-order valence-electron chi connectivity index (χ1n) is 6.78. The van der Waals surface area contributed by atoms with Gasteiger partial charge in [0.05, 0.1) is 18.7 Å². The fourth-order valence-corrected chi connectivity index (χ4v) is 3.52. The number of hydrogen-bond donors (Lipinski definition) is 1. The molecule has 0 bridgehead atoms. The minimum absolute atomic E-state index is 0.0511. The van der Waals surface area contributed by atoms with Gasteiger partial charge >= 0.3 is 0 Å². The average Bonchev–Trinajstić information content (AvgIpc) is 2.96. The largest absolute Gasteiger partial charge is 0.495 e. The number of nitrogens with one attached hydrogen (secondary N) is 1. The standard InChI is InChI=1S/C16H17NO2S/c1-19-15-10-20-9-13(15)16(18)17-14-8-4-6-11-5-2-3-7-12(11)14/h2-3,5,7,9-10,14H,4,6,8H2,1H3,(H,17,18). The first kappa shape index (κ1) is 13.2. The van der Waals surface area contributed by atoms with Crippen molar-refractivity contribution in [2.75, 3.05) is 7.11 Å². The van der Waals surface area contributed by atoms with Crippen LogP contribution in [0.25, 0.3) is 0 Å². The van der Waals surface area contributed by atoms with E-state index in [1.54, 1.807) is 7.11 Å². The molecule has 1 atom stereocenters. The van der Waals surface area contributed by atoms with Crippen molar-refractivity contribution in [2.24, 2.45) is 0 Å². The zero-order chi connectivity index (χ0) is 13.9. The Morgan fingerprint density at radius 2 is 2.20 bits per heavy atom. The van der Waals surface area contributed by atoms with E-state index in [4.69, 9.17) is 4.74 Å². The van der Waals surface area contributed by atoms with Crippen molar-refractivity contribution in [3.63, 3.8) is 0 Å². The number of rotatable bonds is 3. The van der Waals surface area contributed by atoms with E-state index in [2.05, 4.69) is 23.5 Å². The van der Waals surface area contributed by atoms with E-state index in [0.717, 1.165) is 19.3 Å². The molecule has 20 heavy (non-hydrogen) atoms. The molecule has 4 heteroatoms. The molecule has 1 aromatic carbocycles. The second kappa shape index (κ2) is 5.67. The fourth-order valence-electron chi connectivity index (χ4n) is 2.75. The molecular formula is C16H17NO2S. The number of thiophene rings is 1. The maximum Gasteiger partial charge on any atom is 0.256 e. The molecule has 1 aromatic heterocycles. The highest BCUT2D eigenvalue weighted by Gasteiger charge is 2.23. The normalized spacial score (nSPS) is 17.4. The molecule has 1 heterocycles. The molecule has 1 unspecified atom stereocenters. The minimum atomic E-state index is -0.0511. The number of amides is 1. The summed E-state index contributed by atoms with van der Waals surface area (Å²) in [4.78, 5) is 12.4. The summed E-state index contributed by atoms with van der Waals surface area (Å²) in [5, 5.41) is 6.83. The number of carbonyl (C=O) groups is 1. The van der Waals surface area contributed by atoms with Crippen LogP contribution in [0.1, 0.15) is 40.4 Å². The van der Waals surface area contributed by atoms with Gasteiger partial charge in [0.15, 0.2) is 0 Å². The van der Waals surface area contributed by atoms with Crippen LogP contribution in [0.4, 0.5) is 0 Å². The second-order valence-corrected chi connectivity index (χ2v) is 5.71. The lowest BCUT2D eigenvalue weighted by molar-refractivity contribution is 0.0930. The third-order valence-corrected chi connectivity index (χ3v) is 4.49. The Morgan fingerprint density at radius 1 is 1.35 bits per heavy atom. The number of carbonyl (C=O) groups excluding carboxylic acids is 1. The zero-order valence-corrected chi connectivity index (χ0v) is 12.2. The van der Waals surface area contributed by atoms with Gasteiger partial charge in [0.25, 0.3) is 5.91 Å². The molecule has 1 amide bonds. The van der Waals surface area contributed by atoms with Gasteiger partial charge in [-0.25, -0.2) is 0 Å². The van der Waals surface area contributed by atoms with Crippen molar-refractivity contribution in [2.45, 2.75) is 25.3 Å². The first-order chi connectivity index (χ1) is 9.79. The maximum absolute atomic E-state index is 12.4. The van der Waals surface area contributed by atoms with Gasteiger partial charge in [-0.1, -0.05) is 24.3 Å². The monoisotopic (exact) mass is 287 g/mol. The van der Waals surface area contributed by atoms with Crippen LogP contribution in [0.15, 0.2) is 35.0 Å². The van der Waals surface area contributed by atoms with E-state index in [-0.39, 0.29) is 11.9 Å². The van der Waals surface area contributed by atoms with Crippen molar-refractivity contribution >= 4 is 17.2 Å². The Balaban J connectivity index is 1.81. The van der Waals surface area contributed by atoms with Crippen LogP contribution in [-0.2, 0) is 6.42 Å². The number of benzene rings is 1. The average molecular weight is 287 g/mol. The highest BCUT2D eigenvalue weighted by Crippen LogP contribution is 2.30. The predicted octanol–water partition coefficient (Wildman–Crippen LogP) is 3.56. The van der Waals surface area contributed by atoms with Gasteiger partial charge in [-0.2, -0.15) is 0 Å². The molecule has 0 spiro atoms. The Hall–Kier alpha value is -1.81. The van der Waals surface area contributed by atoms with Crippen molar-refractivity contribution < 1.29 is 9.53 Å². The van der Waals surface area contributed by atoms with Gasteiger partial charge in [0.2, 0.25) is 0 Å². The smallest absolute Gasteiger partial charge is 0.256 e. The molecule has 2 aromatic rings. The van der Waals surface area contributed by atoms with Crippen molar-refractivity contribution in [1.29, 1.82) is 0 Å². The lowest BCUT2D eigenvalue weighted by Gasteiger charge is -2.26. The summed E-state index contributed by atoms with van der Waals surface area (Å²) in [6.45, 7) is 0. The van der Waals surface area contributed by atoms with Crippen LogP contribution in [0, 0.1) is 0 Å². The van der Waals surface area contributed by atoms with Crippen LogP contribution >= 0.6 is 11.3 Å². The van der Waals surface area contributed by atoms with Gasteiger partial charge in [0.1, 0.15) is 5.75 Å². The fraction of sp³-hybridized carbons (Fsp3) is 0.312. The van der Waals surface area contributed by atoms with E-state index in [1.165, 1.54) is 22.5 Å². The Morgan fingerprint density at radius 3 is 3.05 bits per heavy atom. The molecule has 0 fully saturated rings. The number of hydrogen-bond acceptors (Lipinski definition) is 3. The summed E-state index contributed by atoms with van der Waals surface area (Å²) in [7, 11) is 1.59. The van der Waals surface area contributed by atoms with Gasteiger partial charge in [-0.05, 0) is 30.4 Å². The predicted molar refractivity (Wildman–Crippen MR) is 80.5 cm³/mol. The zero-order valence-electron chi connectivity index (χ0n) is 11.4. The quantitative estimate of drug-likeness (QED) is 0.937. The molecule has 3 nitrogen and oxygen atoms in total. The summed E-state index contributed by atoms with van der Waals surface area (Å²) in [5.74, 6) is 0.599. The summed E-state index contributed by atoms with van der Waals surface area (Å²) in [6.07, 6.45) is 3.21. The highest BCUT2D eigenvalue weighted by molar-refractivity contribution is 7.08. The number of methoxy groups -OCH3 is 1. The first-order valence-corrected chi connectivity index (χ1v) is 7.72. The molecule has 0 saturated carbocycles. The lowest BCUT2D eigenvalue weighted by atomic mass is 9.87.